The van der Waals surface area contributed by atoms with Crippen LogP contribution in [0.1, 0.15) is 11.1 Å². The average Bonchev–Trinajstić information content (AvgIpc) is 2.70. The minimum absolute atomic E-state index is 0.259. The lowest BCUT2D eigenvalue weighted by molar-refractivity contribution is -0.142. The molecule has 1 aromatic carbocycles. The van der Waals surface area contributed by atoms with E-state index in [4.69, 9.17) is 37.4 Å². The van der Waals surface area contributed by atoms with Crippen molar-refractivity contribution in [3.05, 3.63) is 51.6 Å². The van der Waals surface area contributed by atoms with E-state index in [9.17, 15) is 22.8 Å². The number of anilines is 1. The molecule has 0 radical (unpaired) electrons. The highest BCUT2D eigenvalue weighted by molar-refractivity contribution is 6.33. The Morgan fingerprint density at radius 1 is 1.13 bits per heavy atom. The number of pyridine rings is 1. The molecule has 2 rings (SSSR count). The minimum atomic E-state index is -4.63. The van der Waals surface area contributed by atoms with Crippen molar-refractivity contribution in [2.24, 2.45) is 0 Å². The van der Waals surface area contributed by atoms with E-state index in [0.717, 1.165) is 6.08 Å². The Kier molecular flexibility index (Phi) is 8.12. The van der Waals surface area contributed by atoms with Crippen LogP contribution in [-0.4, -0.2) is 37.7 Å². The number of methoxy groups -OCH3 is 2. The predicted octanol–water partition coefficient (Wildman–Crippen LogP) is 4.62. The number of alkyl halides is 3. The van der Waals surface area contributed by atoms with Crippen molar-refractivity contribution in [2.75, 3.05) is 26.1 Å². The maximum atomic E-state index is 12.6. The van der Waals surface area contributed by atoms with Gasteiger partial charge in [0.25, 0.3) is 5.91 Å². The maximum absolute atomic E-state index is 12.6. The van der Waals surface area contributed by atoms with Gasteiger partial charge in [0.1, 0.15) is 0 Å². The average molecular weight is 479 g/mol. The lowest BCUT2D eigenvalue weighted by Gasteiger charge is -2.10. The normalized spacial score (nSPS) is 11.3. The summed E-state index contributed by atoms with van der Waals surface area (Å²) >= 11 is 11.8. The van der Waals surface area contributed by atoms with Crippen molar-refractivity contribution in [3.63, 3.8) is 0 Å². The van der Waals surface area contributed by atoms with Gasteiger partial charge in [-0.3, -0.25) is 4.79 Å². The van der Waals surface area contributed by atoms with Crippen molar-refractivity contribution in [1.82, 2.24) is 4.98 Å². The molecule has 2 aromatic rings. The molecule has 1 amide bonds. The number of nitrogens with zero attached hydrogens (tertiary/aromatic N) is 1. The summed E-state index contributed by atoms with van der Waals surface area (Å²) in [5.74, 6) is -1.32. The van der Waals surface area contributed by atoms with Crippen molar-refractivity contribution < 1.29 is 37.0 Å². The van der Waals surface area contributed by atoms with Crippen molar-refractivity contribution in [3.8, 4) is 11.5 Å². The lowest BCUT2D eigenvalue weighted by Crippen LogP contribution is -2.21. The van der Waals surface area contributed by atoms with Crippen LogP contribution >= 0.6 is 23.2 Å². The molecule has 0 spiro atoms. The van der Waals surface area contributed by atoms with Gasteiger partial charge in [0.05, 0.1) is 29.8 Å². The zero-order valence-corrected chi connectivity index (χ0v) is 17.6. The van der Waals surface area contributed by atoms with Crippen molar-refractivity contribution in [2.45, 2.75) is 6.18 Å². The van der Waals surface area contributed by atoms with Gasteiger partial charge in [0.2, 0.25) is 0 Å². The second-order valence-electron chi connectivity index (χ2n) is 5.78. The molecule has 7 nitrogen and oxygen atoms in total. The summed E-state index contributed by atoms with van der Waals surface area (Å²) in [4.78, 5) is 27.1. The van der Waals surface area contributed by atoms with Crippen LogP contribution in [0.4, 0.5) is 19.0 Å². The van der Waals surface area contributed by atoms with Crippen LogP contribution in [0, 0.1) is 0 Å². The summed E-state index contributed by atoms with van der Waals surface area (Å²) in [6.07, 6.45) is -1.68. The highest BCUT2D eigenvalue weighted by Gasteiger charge is 2.31. The number of esters is 1. The Bertz CT molecular complexity index is 1010. The highest BCUT2D eigenvalue weighted by Crippen LogP contribution is 2.36. The summed E-state index contributed by atoms with van der Waals surface area (Å²) in [6.45, 7) is -0.713. The summed E-state index contributed by atoms with van der Waals surface area (Å²) in [5, 5.41) is 2.00. The number of nitrogens with one attached hydrogen (secondary N) is 1. The molecule has 0 aliphatic heterocycles. The smallest absolute Gasteiger partial charge is 0.417 e. The van der Waals surface area contributed by atoms with Crippen LogP contribution < -0.4 is 14.8 Å². The van der Waals surface area contributed by atoms with Crippen LogP contribution in [0.3, 0.4) is 0 Å². The largest absolute Gasteiger partial charge is 0.493 e. The second-order valence-corrected chi connectivity index (χ2v) is 6.59. The number of hydrogen-bond acceptors (Lipinski definition) is 6. The Hall–Kier alpha value is -2.98. The first-order valence-electron chi connectivity index (χ1n) is 8.34. The van der Waals surface area contributed by atoms with Gasteiger partial charge in [0, 0.05) is 12.3 Å². The molecule has 0 aliphatic rings. The Labute approximate surface area is 184 Å². The minimum Gasteiger partial charge on any atom is -0.493 e. The number of carbonyl (C=O) groups excluding carboxylic acids is 2. The molecule has 0 bridgehead atoms. The van der Waals surface area contributed by atoms with Crippen molar-refractivity contribution in [1.29, 1.82) is 0 Å². The first-order valence-corrected chi connectivity index (χ1v) is 9.09. The van der Waals surface area contributed by atoms with Gasteiger partial charge in [-0.15, -0.1) is 0 Å². The maximum Gasteiger partial charge on any atom is 0.417 e. The Morgan fingerprint density at radius 3 is 2.42 bits per heavy atom. The van der Waals surface area contributed by atoms with E-state index < -0.39 is 35.2 Å². The molecule has 0 fully saturated rings. The number of ether oxygens (including phenoxy) is 3. The van der Waals surface area contributed by atoms with Gasteiger partial charge in [0.15, 0.2) is 23.9 Å². The number of aromatic nitrogens is 1. The molecule has 31 heavy (non-hydrogen) atoms. The van der Waals surface area contributed by atoms with E-state index in [1.54, 1.807) is 6.07 Å². The molecule has 0 unspecified atom stereocenters. The standard InChI is InChI=1S/C19H15Cl2F3N2O5/c1-29-14-6-10(5-12(20)17(14)30-2)3-4-16(28)31-9-15(27)26-18-13(21)7-11(8-25-18)19(22,23)24/h3-8H,9H2,1-2H3,(H,25,26,27). The molecule has 0 saturated carbocycles. The SMILES string of the molecule is COc1cc(C=CC(=O)OCC(=O)Nc2ncc(C(F)(F)F)cc2Cl)cc(Cl)c1OC. The van der Waals surface area contributed by atoms with Gasteiger partial charge < -0.3 is 19.5 Å². The zero-order chi connectivity index (χ0) is 23.2. The van der Waals surface area contributed by atoms with Gasteiger partial charge in [-0.2, -0.15) is 13.2 Å². The number of rotatable bonds is 7. The van der Waals surface area contributed by atoms with Crippen LogP contribution in [0.15, 0.2) is 30.5 Å². The first kappa shape index (κ1) is 24.3. The fourth-order valence-electron chi connectivity index (χ4n) is 2.24. The van der Waals surface area contributed by atoms with E-state index in [-0.39, 0.29) is 10.8 Å². The third-order valence-electron chi connectivity index (χ3n) is 3.64. The molecular weight excluding hydrogens is 464 g/mol. The topological polar surface area (TPSA) is 86.8 Å². The molecule has 0 aliphatic carbocycles. The fourth-order valence-corrected chi connectivity index (χ4v) is 2.75. The third-order valence-corrected chi connectivity index (χ3v) is 4.21. The van der Waals surface area contributed by atoms with Crippen LogP contribution in [-0.2, 0) is 20.5 Å². The first-order chi connectivity index (χ1) is 14.5. The van der Waals surface area contributed by atoms with E-state index in [1.165, 1.54) is 26.4 Å². The van der Waals surface area contributed by atoms with Gasteiger partial charge >= 0.3 is 12.1 Å². The molecule has 0 atom stereocenters. The highest BCUT2D eigenvalue weighted by atomic mass is 35.5. The van der Waals surface area contributed by atoms with Crippen LogP contribution in [0.5, 0.6) is 11.5 Å². The van der Waals surface area contributed by atoms with E-state index >= 15 is 0 Å². The number of benzene rings is 1. The molecule has 1 heterocycles. The van der Waals surface area contributed by atoms with Gasteiger partial charge in [-0.1, -0.05) is 23.2 Å². The van der Waals surface area contributed by atoms with Crippen LogP contribution in [0.25, 0.3) is 6.08 Å². The summed E-state index contributed by atoms with van der Waals surface area (Å²) in [7, 11) is 2.85. The van der Waals surface area contributed by atoms with Crippen molar-refractivity contribution >= 4 is 47.0 Å². The Balaban J connectivity index is 1.94. The molecule has 166 valence electrons. The van der Waals surface area contributed by atoms with Gasteiger partial charge in [-0.25, -0.2) is 9.78 Å². The summed E-state index contributed by atoms with van der Waals surface area (Å²) in [6, 6.07) is 3.71. The third kappa shape index (κ3) is 6.76. The second kappa shape index (κ2) is 10.4. The molecular formula is C19H15Cl2F3N2O5. The number of halogens is 5. The quantitative estimate of drug-likeness (QED) is 0.461. The Morgan fingerprint density at radius 2 is 1.84 bits per heavy atom. The van der Waals surface area contributed by atoms with Gasteiger partial charge in [-0.05, 0) is 29.8 Å². The summed E-state index contributed by atoms with van der Waals surface area (Å²) < 4.78 is 52.8. The monoisotopic (exact) mass is 478 g/mol. The zero-order valence-electron chi connectivity index (χ0n) is 16.0. The summed E-state index contributed by atoms with van der Waals surface area (Å²) in [5.41, 5.74) is -0.563. The molecule has 1 aromatic heterocycles. The molecule has 0 saturated heterocycles. The lowest BCUT2D eigenvalue weighted by atomic mass is 10.2. The van der Waals surface area contributed by atoms with Crippen LogP contribution in [0.2, 0.25) is 10.0 Å². The number of amides is 1. The number of hydrogen-bond donors (Lipinski definition) is 1. The molecule has 1 N–H and O–H groups in total. The number of carbonyl (C=O) groups is 2. The molecule has 12 heteroatoms. The van der Waals surface area contributed by atoms with E-state index in [0.29, 0.717) is 29.3 Å². The van der Waals surface area contributed by atoms with E-state index in [2.05, 4.69) is 10.3 Å². The predicted molar refractivity (Wildman–Crippen MR) is 107 cm³/mol. The van der Waals surface area contributed by atoms with E-state index in [1.807, 2.05) is 0 Å². The fraction of sp³-hybridized carbons (Fsp3) is 0.211.